The largest absolute Gasteiger partial charge is 0.478 e. The Labute approximate surface area is 206 Å². The Kier molecular flexibility index (Phi) is 8.95. The van der Waals surface area contributed by atoms with E-state index in [1.807, 2.05) is 79.7 Å². The van der Waals surface area contributed by atoms with E-state index in [9.17, 15) is 14.4 Å². The maximum absolute atomic E-state index is 13.3. The minimum absolute atomic E-state index is 0.119. The number of carboxylic acid groups (broad SMARTS) is 1. The zero-order valence-corrected chi connectivity index (χ0v) is 19.9. The summed E-state index contributed by atoms with van der Waals surface area (Å²) in [4.78, 5) is 39.1. The summed E-state index contributed by atoms with van der Waals surface area (Å²) in [6, 6.07) is 16.7. The van der Waals surface area contributed by atoms with E-state index in [0.717, 1.165) is 22.9 Å². The van der Waals surface area contributed by atoms with Gasteiger partial charge >= 0.3 is 5.97 Å². The van der Waals surface area contributed by atoms with Crippen molar-refractivity contribution in [3.8, 4) is 0 Å². The van der Waals surface area contributed by atoms with Gasteiger partial charge in [0.15, 0.2) is 5.78 Å². The van der Waals surface area contributed by atoms with E-state index in [-0.39, 0.29) is 11.7 Å². The topological polar surface area (TPSA) is 86.7 Å². The molecule has 0 spiro atoms. The van der Waals surface area contributed by atoms with Crippen molar-refractivity contribution >= 4 is 23.3 Å². The van der Waals surface area contributed by atoms with Gasteiger partial charge in [-0.05, 0) is 29.7 Å². The Morgan fingerprint density at radius 1 is 1.06 bits per heavy atom. The predicted octanol–water partition coefficient (Wildman–Crippen LogP) is 4.22. The van der Waals surface area contributed by atoms with Crippen LogP contribution in [-0.2, 0) is 20.8 Å². The lowest BCUT2D eigenvalue weighted by atomic mass is 9.91. The average molecular weight is 471 g/mol. The van der Waals surface area contributed by atoms with E-state index in [4.69, 9.17) is 5.11 Å². The number of benzene rings is 2. The number of allylic oxidation sites excluding steroid dienone is 5. The SMILES string of the molecule is CN(C)c1ccc([C@H](CC=CC=CC(=O)O)C(=O)NC2C=CC=C(Cc3ccccc3)C2=O)cc1. The first-order chi connectivity index (χ1) is 16.8. The van der Waals surface area contributed by atoms with E-state index in [1.165, 1.54) is 6.08 Å². The van der Waals surface area contributed by atoms with Gasteiger partial charge < -0.3 is 15.3 Å². The Morgan fingerprint density at radius 2 is 1.77 bits per heavy atom. The number of aliphatic carboxylic acids is 1. The molecule has 2 atom stereocenters. The average Bonchev–Trinajstić information content (AvgIpc) is 2.84. The predicted molar refractivity (Wildman–Crippen MR) is 138 cm³/mol. The van der Waals surface area contributed by atoms with Crippen LogP contribution in [0.1, 0.15) is 23.5 Å². The monoisotopic (exact) mass is 470 g/mol. The molecule has 0 radical (unpaired) electrons. The first kappa shape index (κ1) is 25.4. The first-order valence-corrected chi connectivity index (χ1v) is 11.4. The fourth-order valence-electron chi connectivity index (χ4n) is 3.81. The Morgan fingerprint density at radius 3 is 2.43 bits per heavy atom. The number of nitrogens with zero attached hydrogens (tertiary/aromatic N) is 1. The van der Waals surface area contributed by atoms with Crippen molar-refractivity contribution in [1.82, 2.24) is 5.32 Å². The molecular formula is C29H30N2O4. The molecule has 2 aromatic carbocycles. The number of nitrogens with one attached hydrogen (secondary N) is 1. The lowest BCUT2D eigenvalue weighted by Crippen LogP contribution is -2.43. The maximum atomic E-state index is 13.3. The van der Waals surface area contributed by atoms with E-state index >= 15 is 0 Å². The highest BCUT2D eigenvalue weighted by Gasteiger charge is 2.27. The fraction of sp³-hybridized carbons (Fsp3) is 0.207. The number of Topliss-reactive ketones (excluding diaryl/α,β-unsaturated/α-hetero) is 1. The lowest BCUT2D eigenvalue weighted by Gasteiger charge is -2.23. The molecule has 3 rings (SSSR count). The molecule has 1 amide bonds. The minimum Gasteiger partial charge on any atom is -0.478 e. The summed E-state index contributed by atoms with van der Waals surface area (Å²) in [7, 11) is 3.89. The summed E-state index contributed by atoms with van der Waals surface area (Å²) in [5.74, 6) is -1.96. The van der Waals surface area contributed by atoms with Crippen LogP contribution < -0.4 is 10.2 Å². The van der Waals surface area contributed by atoms with Crippen LogP contribution in [0.3, 0.4) is 0 Å². The molecule has 0 saturated heterocycles. The van der Waals surface area contributed by atoms with Gasteiger partial charge in [0.2, 0.25) is 5.91 Å². The van der Waals surface area contributed by atoms with Gasteiger partial charge in [-0.2, -0.15) is 0 Å². The van der Waals surface area contributed by atoms with Crippen LogP contribution in [0.5, 0.6) is 0 Å². The third-order valence-corrected chi connectivity index (χ3v) is 5.72. The number of carbonyl (C=O) groups is 3. The molecule has 0 saturated carbocycles. The van der Waals surface area contributed by atoms with E-state index in [1.54, 1.807) is 24.3 Å². The molecule has 6 heteroatoms. The van der Waals surface area contributed by atoms with Gasteiger partial charge in [0.25, 0.3) is 0 Å². The van der Waals surface area contributed by atoms with Crippen molar-refractivity contribution in [3.63, 3.8) is 0 Å². The molecule has 6 nitrogen and oxygen atoms in total. The number of anilines is 1. The Hall–Kier alpha value is -4.19. The molecule has 2 N–H and O–H groups in total. The van der Waals surface area contributed by atoms with Crippen LogP contribution >= 0.6 is 0 Å². The van der Waals surface area contributed by atoms with Crippen molar-refractivity contribution in [2.45, 2.75) is 24.8 Å². The fourth-order valence-corrected chi connectivity index (χ4v) is 3.81. The number of rotatable bonds is 10. The highest BCUT2D eigenvalue weighted by Crippen LogP contribution is 2.24. The Balaban J connectivity index is 1.75. The van der Waals surface area contributed by atoms with Gasteiger partial charge in [-0.15, -0.1) is 0 Å². The van der Waals surface area contributed by atoms with Gasteiger partial charge in [0.05, 0.1) is 5.92 Å². The molecule has 180 valence electrons. The molecule has 1 aliphatic carbocycles. The van der Waals surface area contributed by atoms with Crippen molar-refractivity contribution < 1.29 is 19.5 Å². The summed E-state index contributed by atoms with van der Waals surface area (Å²) < 4.78 is 0. The van der Waals surface area contributed by atoms with Gasteiger partial charge in [-0.25, -0.2) is 4.79 Å². The summed E-state index contributed by atoms with van der Waals surface area (Å²) in [6.45, 7) is 0. The van der Waals surface area contributed by atoms with Crippen LogP contribution in [0, 0.1) is 0 Å². The molecule has 1 aliphatic rings. The highest BCUT2D eigenvalue weighted by atomic mass is 16.4. The van der Waals surface area contributed by atoms with Crippen molar-refractivity contribution in [2.75, 3.05) is 19.0 Å². The van der Waals surface area contributed by atoms with Gasteiger partial charge in [-0.3, -0.25) is 9.59 Å². The second-order valence-electron chi connectivity index (χ2n) is 8.49. The molecule has 35 heavy (non-hydrogen) atoms. The summed E-state index contributed by atoms with van der Waals surface area (Å²) in [5.41, 5.74) is 3.50. The van der Waals surface area contributed by atoms with Crippen molar-refractivity contribution in [3.05, 3.63) is 114 Å². The Bertz CT molecular complexity index is 1160. The minimum atomic E-state index is -1.04. The summed E-state index contributed by atoms with van der Waals surface area (Å²) in [6.07, 6.45) is 12.0. The molecule has 2 aromatic rings. The number of amides is 1. The van der Waals surface area contributed by atoms with Crippen LogP contribution in [-0.4, -0.2) is 42.9 Å². The molecular weight excluding hydrogens is 440 g/mol. The summed E-state index contributed by atoms with van der Waals surface area (Å²) in [5, 5.41) is 11.7. The van der Waals surface area contributed by atoms with Gasteiger partial charge in [-0.1, -0.05) is 78.9 Å². The zero-order valence-electron chi connectivity index (χ0n) is 19.9. The first-order valence-electron chi connectivity index (χ1n) is 11.4. The van der Waals surface area contributed by atoms with Crippen LogP contribution in [0.2, 0.25) is 0 Å². The van der Waals surface area contributed by atoms with Crippen molar-refractivity contribution in [1.29, 1.82) is 0 Å². The van der Waals surface area contributed by atoms with E-state index in [2.05, 4.69) is 5.32 Å². The molecule has 1 unspecified atom stereocenters. The van der Waals surface area contributed by atoms with Crippen LogP contribution in [0.15, 0.2) is 103 Å². The number of carbonyl (C=O) groups excluding carboxylic acids is 2. The van der Waals surface area contributed by atoms with Crippen molar-refractivity contribution in [2.24, 2.45) is 0 Å². The standard InChI is InChI=1S/C29H30N2O4/c1-31(2)24-18-16-22(17-19-24)25(13-7-4-8-15-27(32)33)29(35)30-26-14-9-12-23(28(26)34)20-21-10-5-3-6-11-21/h3-12,14-19,25-26H,13,20H2,1-2H3,(H,30,35)(H,32,33)/t25-,26?/m0/s1. The van der Waals surface area contributed by atoms with E-state index < -0.39 is 17.9 Å². The number of ketones is 1. The zero-order chi connectivity index (χ0) is 25.2. The lowest BCUT2D eigenvalue weighted by molar-refractivity contribution is -0.131. The maximum Gasteiger partial charge on any atom is 0.328 e. The molecule has 0 heterocycles. The third kappa shape index (κ3) is 7.40. The van der Waals surface area contributed by atoms with Crippen LogP contribution in [0.25, 0.3) is 0 Å². The summed E-state index contributed by atoms with van der Waals surface area (Å²) >= 11 is 0. The second kappa shape index (κ2) is 12.3. The third-order valence-electron chi connectivity index (χ3n) is 5.72. The van der Waals surface area contributed by atoms with Crippen LogP contribution in [0.4, 0.5) is 5.69 Å². The van der Waals surface area contributed by atoms with Gasteiger partial charge in [0.1, 0.15) is 6.04 Å². The molecule has 0 fully saturated rings. The normalized spacial score (nSPS) is 16.3. The smallest absolute Gasteiger partial charge is 0.328 e. The molecule has 0 aromatic heterocycles. The number of carboxylic acids is 1. The van der Waals surface area contributed by atoms with Gasteiger partial charge in [0, 0.05) is 37.9 Å². The number of hydrogen-bond donors (Lipinski definition) is 2. The number of hydrogen-bond acceptors (Lipinski definition) is 4. The van der Waals surface area contributed by atoms with E-state index in [0.29, 0.717) is 18.4 Å². The highest BCUT2D eigenvalue weighted by molar-refractivity contribution is 6.04. The molecule has 0 aliphatic heterocycles. The second-order valence-corrected chi connectivity index (χ2v) is 8.49. The molecule has 0 bridgehead atoms. The quantitative estimate of drug-likeness (QED) is 0.401.